The second kappa shape index (κ2) is 4.83. The largest absolute Gasteiger partial charge is 0.322 e. The molecule has 0 radical (unpaired) electrons. The predicted molar refractivity (Wildman–Crippen MR) is 61.4 cm³/mol. The highest BCUT2D eigenvalue weighted by molar-refractivity contribution is 5.90. The van der Waals surface area contributed by atoms with Crippen LogP contribution in [0.3, 0.4) is 0 Å². The Bertz CT molecular complexity index is 478. The summed E-state index contributed by atoms with van der Waals surface area (Å²) in [5.41, 5.74) is -0.961. The minimum absolute atomic E-state index is 0.114. The van der Waals surface area contributed by atoms with Gasteiger partial charge in [-0.25, -0.2) is 13.6 Å². The van der Waals surface area contributed by atoms with Crippen molar-refractivity contribution < 1.29 is 13.6 Å². The summed E-state index contributed by atoms with van der Waals surface area (Å²) in [4.78, 5) is 11.4. The van der Waals surface area contributed by atoms with Crippen LogP contribution in [0.5, 0.6) is 0 Å². The highest BCUT2D eigenvalue weighted by Crippen LogP contribution is 2.14. The molecule has 90 valence electrons. The van der Waals surface area contributed by atoms with Crippen LogP contribution in [0.2, 0.25) is 0 Å². The molecule has 0 atom stereocenters. The van der Waals surface area contributed by atoms with E-state index in [4.69, 9.17) is 6.42 Å². The Morgan fingerprint density at radius 2 is 2.06 bits per heavy atom. The Kier molecular flexibility index (Phi) is 3.69. The summed E-state index contributed by atoms with van der Waals surface area (Å²) in [6.45, 7) is 3.24. The lowest BCUT2D eigenvalue weighted by Gasteiger charge is -2.19. The number of halogens is 2. The van der Waals surface area contributed by atoms with Gasteiger partial charge in [-0.05, 0) is 26.0 Å². The summed E-state index contributed by atoms with van der Waals surface area (Å²) in [5, 5.41) is 4.69. The molecule has 0 aliphatic heterocycles. The molecule has 0 unspecified atom stereocenters. The molecule has 0 saturated carbocycles. The zero-order valence-corrected chi connectivity index (χ0v) is 9.47. The minimum atomic E-state index is -0.848. The van der Waals surface area contributed by atoms with Crippen molar-refractivity contribution >= 4 is 11.7 Å². The molecule has 0 spiro atoms. The van der Waals surface area contributed by atoms with Crippen LogP contribution < -0.4 is 10.6 Å². The summed E-state index contributed by atoms with van der Waals surface area (Å²) in [6.07, 6.45) is 5.18. The van der Waals surface area contributed by atoms with Crippen molar-refractivity contribution in [2.24, 2.45) is 0 Å². The zero-order valence-electron chi connectivity index (χ0n) is 9.47. The van der Waals surface area contributed by atoms with Crippen molar-refractivity contribution in [1.29, 1.82) is 0 Å². The van der Waals surface area contributed by atoms with Crippen LogP contribution in [-0.2, 0) is 0 Å². The van der Waals surface area contributed by atoms with Crippen LogP contribution in [-0.4, -0.2) is 11.6 Å². The lowest BCUT2D eigenvalue weighted by molar-refractivity contribution is 0.246. The number of carbonyl (C=O) groups is 1. The average molecular weight is 238 g/mol. The maximum absolute atomic E-state index is 13.2. The lowest BCUT2D eigenvalue weighted by atomic mass is 10.1. The number of hydrogen-bond donors (Lipinski definition) is 2. The molecule has 5 heteroatoms. The zero-order chi connectivity index (χ0) is 13.1. The van der Waals surface area contributed by atoms with Crippen LogP contribution in [0.1, 0.15) is 13.8 Å². The van der Waals surface area contributed by atoms with Gasteiger partial charge in [-0.3, -0.25) is 0 Å². The van der Waals surface area contributed by atoms with Gasteiger partial charge in [0.1, 0.15) is 11.6 Å². The Balaban J connectivity index is 2.73. The van der Waals surface area contributed by atoms with Gasteiger partial charge in [0.05, 0.1) is 11.2 Å². The maximum atomic E-state index is 13.2. The van der Waals surface area contributed by atoms with Crippen molar-refractivity contribution in [2.45, 2.75) is 19.4 Å². The molecule has 0 fully saturated rings. The Morgan fingerprint density at radius 1 is 1.41 bits per heavy atom. The summed E-state index contributed by atoms with van der Waals surface area (Å²) >= 11 is 0. The van der Waals surface area contributed by atoms with Crippen molar-refractivity contribution in [2.75, 3.05) is 5.32 Å². The van der Waals surface area contributed by atoms with E-state index in [1.807, 2.05) is 0 Å². The summed E-state index contributed by atoms with van der Waals surface area (Å²) < 4.78 is 25.8. The third-order valence-corrected chi connectivity index (χ3v) is 1.97. The van der Waals surface area contributed by atoms with E-state index >= 15 is 0 Å². The Hall–Kier alpha value is -2.09. The lowest BCUT2D eigenvalue weighted by Crippen LogP contribution is -2.44. The molecule has 1 aromatic carbocycles. The summed E-state index contributed by atoms with van der Waals surface area (Å²) in [5.74, 6) is 0.797. The molecule has 17 heavy (non-hydrogen) atoms. The quantitative estimate of drug-likeness (QED) is 0.764. The Labute approximate surface area is 98.2 Å². The van der Waals surface area contributed by atoms with Gasteiger partial charge in [-0.15, -0.1) is 6.42 Å². The molecule has 0 aromatic heterocycles. The second-order valence-electron chi connectivity index (χ2n) is 3.97. The third kappa shape index (κ3) is 3.76. The van der Waals surface area contributed by atoms with Gasteiger partial charge in [0.15, 0.2) is 0 Å². The van der Waals surface area contributed by atoms with E-state index < -0.39 is 23.2 Å². The molecule has 2 amide bonds. The van der Waals surface area contributed by atoms with Crippen LogP contribution in [0.4, 0.5) is 19.3 Å². The number of nitrogens with one attached hydrogen (secondary N) is 2. The van der Waals surface area contributed by atoms with E-state index in [9.17, 15) is 13.6 Å². The van der Waals surface area contributed by atoms with E-state index in [0.29, 0.717) is 6.07 Å². The first-order chi connectivity index (χ1) is 7.84. The molecule has 0 aliphatic carbocycles. The average Bonchev–Trinajstić information content (AvgIpc) is 2.21. The van der Waals surface area contributed by atoms with Gasteiger partial charge >= 0.3 is 6.03 Å². The van der Waals surface area contributed by atoms with Crippen LogP contribution in [0.25, 0.3) is 0 Å². The number of hydrogen-bond acceptors (Lipinski definition) is 1. The van der Waals surface area contributed by atoms with Crippen LogP contribution in [0, 0.1) is 24.0 Å². The third-order valence-electron chi connectivity index (χ3n) is 1.97. The van der Waals surface area contributed by atoms with Gasteiger partial charge in [0, 0.05) is 6.07 Å². The number of amides is 2. The number of carbonyl (C=O) groups excluding carboxylic acids is 1. The molecule has 1 aromatic rings. The topological polar surface area (TPSA) is 41.1 Å². The molecule has 0 aliphatic rings. The number of benzene rings is 1. The van der Waals surface area contributed by atoms with Crippen molar-refractivity contribution in [3.8, 4) is 12.3 Å². The maximum Gasteiger partial charge on any atom is 0.320 e. The molecule has 0 saturated heterocycles. The Morgan fingerprint density at radius 3 is 2.59 bits per heavy atom. The fourth-order valence-corrected chi connectivity index (χ4v) is 1.06. The fourth-order valence-electron chi connectivity index (χ4n) is 1.06. The first-order valence-corrected chi connectivity index (χ1v) is 4.86. The molecular weight excluding hydrogens is 226 g/mol. The van der Waals surface area contributed by atoms with Crippen molar-refractivity contribution in [3.05, 3.63) is 29.8 Å². The highest BCUT2D eigenvalue weighted by atomic mass is 19.1. The molecule has 0 heterocycles. The van der Waals surface area contributed by atoms with Gasteiger partial charge in [0.2, 0.25) is 0 Å². The van der Waals surface area contributed by atoms with Crippen molar-refractivity contribution in [3.63, 3.8) is 0 Å². The highest BCUT2D eigenvalue weighted by Gasteiger charge is 2.17. The van der Waals surface area contributed by atoms with Crippen LogP contribution in [0.15, 0.2) is 18.2 Å². The SMILES string of the molecule is C#CC(C)(C)NC(=O)Nc1ccc(F)cc1F. The fraction of sp³-hybridized carbons (Fsp3) is 0.250. The predicted octanol–water partition coefficient (Wildman–Crippen LogP) is 2.50. The van der Waals surface area contributed by atoms with E-state index in [-0.39, 0.29) is 5.69 Å². The normalized spacial score (nSPS) is 10.5. The summed E-state index contributed by atoms with van der Waals surface area (Å²) in [6, 6.07) is 2.21. The minimum Gasteiger partial charge on any atom is -0.322 e. The standard InChI is InChI=1S/C12H12F2N2O/c1-4-12(2,3)16-11(17)15-10-6-5-8(13)7-9(10)14/h1,5-7H,2-3H3,(H2,15,16,17). The first kappa shape index (κ1) is 13.0. The smallest absolute Gasteiger partial charge is 0.320 e. The van der Waals surface area contributed by atoms with Crippen molar-refractivity contribution in [1.82, 2.24) is 5.32 Å². The second-order valence-corrected chi connectivity index (χ2v) is 3.97. The molecule has 0 bridgehead atoms. The van der Waals surface area contributed by atoms with Gasteiger partial charge < -0.3 is 10.6 Å². The number of rotatable bonds is 2. The molecule has 2 N–H and O–H groups in total. The van der Waals surface area contributed by atoms with Gasteiger partial charge in [0.25, 0.3) is 0 Å². The first-order valence-electron chi connectivity index (χ1n) is 4.86. The number of terminal acetylenes is 1. The van der Waals surface area contributed by atoms with Crippen LogP contribution >= 0.6 is 0 Å². The number of anilines is 1. The van der Waals surface area contributed by atoms with Gasteiger partial charge in [-0.2, -0.15) is 0 Å². The molecule has 1 rings (SSSR count). The van der Waals surface area contributed by atoms with E-state index in [1.165, 1.54) is 0 Å². The summed E-state index contributed by atoms with van der Waals surface area (Å²) in [7, 11) is 0. The van der Waals surface area contributed by atoms with E-state index in [1.54, 1.807) is 13.8 Å². The monoisotopic (exact) mass is 238 g/mol. The van der Waals surface area contributed by atoms with E-state index in [2.05, 4.69) is 16.6 Å². The number of urea groups is 1. The van der Waals surface area contributed by atoms with E-state index in [0.717, 1.165) is 12.1 Å². The molecule has 3 nitrogen and oxygen atoms in total. The van der Waals surface area contributed by atoms with Gasteiger partial charge in [-0.1, -0.05) is 5.92 Å². The molecular formula is C12H12F2N2O.